The van der Waals surface area contributed by atoms with Gasteiger partial charge in [0.2, 0.25) is 11.8 Å². The average molecular weight is 445 g/mol. The Balaban J connectivity index is 1.22. The molecule has 2 amide bonds. The number of fused-ring (bicyclic) bond motifs is 2. The molecule has 3 aromatic rings. The average Bonchev–Trinajstić information content (AvgIpc) is 3.21. The number of nitrogens with one attached hydrogen (secondary N) is 1. The van der Waals surface area contributed by atoms with Crippen LogP contribution >= 0.6 is 0 Å². The van der Waals surface area contributed by atoms with Gasteiger partial charge in [0.05, 0.1) is 32.2 Å². The molecule has 0 aromatic heterocycles. The van der Waals surface area contributed by atoms with E-state index in [1.165, 1.54) is 0 Å². The monoisotopic (exact) mass is 444 g/mol. The molecule has 0 radical (unpaired) electrons. The quantitative estimate of drug-likeness (QED) is 0.645. The van der Waals surface area contributed by atoms with E-state index in [9.17, 15) is 9.59 Å². The molecular formula is C27H28N2O4. The minimum atomic E-state index is -0.147. The SMILES string of the molecule is O=C(Cc1cccc2ccccc12)NCC(=O)N1CCC[C@@H]1c1ccc2c(c1)OCCCO2. The second kappa shape index (κ2) is 9.53. The lowest BCUT2D eigenvalue weighted by molar-refractivity contribution is -0.133. The fraction of sp³-hybridized carbons (Fsp3) is 0.333. The highest BCUT2D eigenvalue weighted by Gasteiger charge is 2.30. The molecule has 2 aliphatic rings. The summed E-state index contributed by atoms with van der Waals surface area (Å²) in [5, 5.41) is 5.00. The maximum Gasteiger partial charge on any atom is 0.242 e. The molecule has 0 spiro atoms. The van der Waals surface area contributed by atoms with Crippen LogP contribution in [0.1, 0.15) is 36.4 Å². The lowest BCUT2D eigenvalue weighted by atomic mass is 10.0. The van der Waals surface area contributed by atoms with Crippen LogP contribution in [0.5, 0.6) is 11.5 Å². The number of hydrogen-bond acceptors (Lipinski definition) is 4. The summed E-state index contributed by atoms with van der Waals surface area (Å²) in [6.45, 7) is 1.98. The van der Waals surface area contributed by atoms with Crippen molar-refractivity contribution in [3.8, 4) is 11.5 Å². The third-order valence-electron chi connectivity index (χ3n) is 6.40. The first-order chi connectivity index (χ1) is 16.2. The molecule has 0 bridgehead atoms. The fourth-order valence-corrected chi connectivity index (χ4v) is 4.76. The maximum atomic E-state index is 13.0. The van der Waals surface area contributed by atoms with Gasteiger partial charge in [0.25, 0.3) is 0 Å². The van der Waals surface area contributed by atoms with Gasteiger partial charge in [-0.2, -0.15) is 0 Å². The van der Waals surface area contributed by atoms with Crippen LogP contribution in [0.25, 0.3) is 10.8 Å². The van der Waals surface area contributed by atoms with Crippen LogP contribution in [0.2, 0.25) is 0 Å². The number of ether oxygens (including phenoxy) is 2. The van der Waals surface area contributed by atoms with Gasteiger partial charge in [0.15, 0.2) is 11.5 Å². The van der Waals surface area contributed by atoms with Crippen molar-refractivity contribution in [2.75, 3.05) is 26.3 Å². The molecule has 170 valence electrons. The van der Waals surface area contributed by atoms with Gasteiger partial charge >= 0.3 is 0 Å². The predicted octanol–water partition coefficient (Wildman–Crippen LogP) is 4.02. The van der Waals surface area contributed by atoms with E-state index in [4.69, 9.17) is 9.47 Å². The van der Waals surface area contributed by atoms with Crippen molar-refractivity contribution >= 4 is 22.6 Å². The van der Waals surface area contributed by atoms with E-state index in [2.05, 4.69) is 5.32 Å². The zero-order valence-corrected chi connectivity index (χ0v) is 18.6. The largest absolute Gasteiger partial charge is 0.490 e. The lowest BCUT2D eigenvalue weighted by Gasteiger charge is -2.26. The summed E-state index contributed by atoms with van der Waals surface area (Å²) >= 11 is 0. The molecule has 2 aliphatic heterocycles. The molecule has 0 aliphatic carbocycles. The predicted molar refractivity (Wildman–Crippen MR) is 126 cm³/mol. The maximum absolute atomic E-state index is 13.0. The molecule has 0 saturated carbocycles. The first kappa shape index (κ1) is 21.3. The smallest absolute Gasteiger partial charge is 0.242 e. The molecule has 0 unspecified atom stereocenters. The van der Waals surface area contributed by atoms with Gasteiger partial charge in [-0.3, -0.25) is 9.59 Å². The summed E-state index contributed by atoms with van der Waals surface area (Å²) in [5.74, 6) is 1.29. The first-order valence-electron chi connectivity index (χ1n) is 11.6. The van der Waals surface area contributed by atoms with E-state index in [0.29, 0.717) is 19.8 Å². The van der Waals surface area contributed by atoms with E-state index in [1.807, 2.05) is 65.6 Å². The van der Waals surface area contributed by atoms with Crippen molar-refractivity contribution in [2.24, 2.45) is 0 Å². The zero-order chi connectivity index (χ0) is 22.6. The van der Waals surface area contributed by atoms with Crippen LogP contribution < -0.4 is 14.8 Å². The minimum absolute atomic E-state index is 0.00461. The third kappa shape index (κ3) is 4.65. The molecule has 3 aromatic carbocycles. The second-order valence-electron chi connectivity index (χ2n) is 8.59. The van der Waals surface area contributed by atoms with Crippen molar-refractivity contribution in [3.63, 3.8) is 0 Å². The Morgan fingerprint density at radius 1 is 0.939 bits per heavy atom. The van der Waals surface area contributed by atoms with Crippen molar-refractivity contribution in [1.29, 1.82) is 0 Å². The molecule has 2 heterocycles. The van der Waals surface area contributed by atoms with Crippen LogP contribution in [0, 0.1) is 0 Å². The van der Waals surface area contributed by atoms with E-state index in [1.54, 1.807) is 0 Å². The van der Waals surface area contributed by atoms with Crippen LogP contribution in [0.4, 0.5) is 0 Å². The summed E-state index contributed by atoms with van der Waals surface area (Å²) in [6.07, 6.45) is 2.95. The molecule has 1 saturated heterocycles. The summed E-state index contributed by atoms with van der Waals surface area (Å²) in [5.41, 5.74) is 2.01. The summed E-state index contributed by atoms with van der Waals surface area (Å²) in [7, 11) is 0. The van der Waals surface area contributed by atoms with Gasteiger partial charge in [-0.1, -0.05) is 48.5 Å². The van der Waals surface area contributed by atoms with Crippen molar-refractivity contribution in [1.82, 2.24) is 10.2 Å². The molecule has 5 rings (SSSR count). The number of nitrogens with zero attached hydrogens (tertiary/aromatic N) is 1. The number of benzene rings is 3. The molecule has 6 heteroatoms. The van der Waals surface area contributed by atoms with Gasteiger partial charge in [-0.05, 0) is 46.9 Å². The third-order valence-corrected chi connectivity index (χ3v) is 6.40. The van der Waals surface area contributed by atoms with E-state index >= 15 is 0 Å². The molecular weight excluding hydrogens is 416 g/mol. The lowest BCUT2D eigenvalue weighted by Crippen LogP contribution is -2.40. The number of hydrogen-bond donors (Lipinski definition) is 1. The highest BCUT2D eigenvalue weighted by Crippen LogP contribution is 2.37. The Kier molecular flexibility index (Phi) is 6.15. The van der Waals surface area contributed by atoms with Crippen LogP contribution in [0.3, 0.4) is 0 Å². The highest BCUT2D eigenvalue weighted by atomic mass is 16.5. The number of rotatable bonds is 5. The van der Waals surface area contributed by atoms with Crippen LogP contribution in [0.15, 0.2) is 60.7 Å². The van der Waals surface area contributed by atoms with E-state index < -0.39 is 0 Å². The Hall–Kier alpha value is -3.54. The van der Waals surface area contributed by atoms with Crippen molar-refractivity contribution in [2.45, 2.75) is 31.7 Å². The number of amides is 2. The molecule has 33 heavy (non-hydrogen) atoms. The first-order valence-corrected chi connectivity index (χ1v) is 11.6. The van der Waals surface area contributed by atoms with E-state index in [-0.39, 0.29) is 30.8 Å². The normalized spacial score (nSPS) is 17.6. The van der Waals surface area contributed by atoms with Crippen LogP contribution in [-0.2, 0) is 16.0 Å². The number of likely N-dealkylation sites (tertiary alicyclic amines) is 1. The van der Waals surface area contributed by atoms with Crippen molar-refractivity contribution < 1.29 is 19.1 Å². The van der Waals surface area contributed by atoms with Gasteiger partial charge in [0.1, 0.15) is 0 Å². The standard InChI is InChI=1S/C27H28N2O4/c30-26(17-20-8-3-7-19-6-1-2-9-22(19)20)28-18-27(31)29-13-4-10-23(29)21-11-12-24-25(16-21)33-15-5-14-32-24/h1-3,6-9,11-12,16,23H,4-5,10,13-15,17-18H2,(H,28,30)/t23-/m1/s1. The molecule has 6 nitrogen and oxygen atoms in total. The Morgan fingerprint density at radius 3 is 2.67 bits per heavy atom. The molecule has 1 atom stereocenters. The van der Waals surface area contributed by atoms with E-state index in [0.717, 1.165) is 52.7 Å². The zero-order valence-electron chi connectivity index (χ0n) is 18.6. The van der Waals surface area contributed by atoms with Crippen LogP contribution in [-0.4, -0.2) is 43.0 Å². The van der Waals surface area contributed by atoms with Gasteiger partial charge in [-0.25, -0.2) is 0 Å². The Bertz CT molecular complexity index is 1170. The summed E-state index contributed by atoms with van der Waals surface area (Å²) in [6, 6.07) is 19.9. The van der Waals surface area contributed by atoms with Crippen molar-refractivity contribution in [3.05, 3.63) is 71.8 Å². The minimum Gasteiger partial charge on any atom is -0.490 e. The molecule has 1 N–H and O–H groups in total. The fourth-order valence-electron chi connectivity index (χ4n) is 4.76. The second-order valence-corrected chi connectivity index (χ2v) is 8.59. The highest BCUT2D eigenvalue weighted by molar-refractivity contribution is 5.91. The summed E-state index contributed by atoms with van der Waals surface area (Å²) < 4.78 is 11.6. The van der Waals surface area contributed by atoms with Gasteiger partial charge < -0.3 is 19.7 Å². The number of carbonyl (C=O) groups is 2. The van der Waals surface area contributed by atoms with Gasteiger partial charge in [0, 0.05) is 13.0 Å². The number of carbonyl (C=O) groups excluding carboxylic acids is 2. The summed E-state index contributed by atoms with van der Waals surface area (Å²) in [4.78, 5) is 27.5. The topological polar surface area (TPSA) is 67.9 Å². The van der Waals surface area contributed by atoms with Gasteiger partial charge in [-0.15, -0.1) is 0 Å². The molecule has 1 fully saturated rings. The Morgan fingerprint density at radius 2 is 1.76 bits per heavy atom. The Labute approximate surface area is 193 Å².